The minimum Gasteiger partial charge on any atom is -0.497 e. The third-order valence-corrected chi connectivity index (χ3v) is 6.40. The molecule has 0 aliphatic heterocycles. The second-order valence-electron chi connectivity index (χ2n) is 6.65. The van der Waals surface area contributed by atoms with Crippen LogP contribution in [0.4, 0.5) is 15.6 Å². The number of carbonyl (C=O) groups is 3. The zero-order chi connectivity index (χ0) is 21.0. The van der Waals surface area contributed by atoms with Gasteiger partial charge in [-0.05, 0) is 47.0 Å². The molecule has 8 nitrogen and oxygen atoms in total. The van der Waals surface area contributed by atoms with Crippen molar-refractivity contribution in [3.05, 3.63) is 33.2 Å². The molecule has 0 spiro atoms. The first-order chi connectivity index (χ1) is 13.9. The van der Waals surface area contributed by atoms with Gasteiger partial charge in [0.15, 0.2) is 10.9 Å². The molecule has 2 aromatic rings. The monoisotopic (exact) mass is 481 g/mol. The number of carbonyl (C=O) groups excluding carboxylic acids is 2. The van der Waals surface area contributed by atoms with Crippen LogP contribution < -0.4 is 15.4 Å². The van der Waals surface area contributed by atoms with Gasteiger partial charge in [0.2, 0.25) is 0 Å². The van der Waals surface area contributed by atoms with E-state index in [1.54, 1.807) is 18.2 Å². The third-order valence-electron chi connectivity index (χ3n) is 4.66. The number of Topliss-reactive ketones (excluding diaryl/α,β-unsaturated/α-hetero) is 1. The average Bonchev–Trinajstić information content (AvgIpc) is 3.31. The third kappa shape index (κ3) is 5.33. The summed E-state index contributed by atoms with van der Waals surface area (Å²) < 4.78 is 5.77. The van der Waals surface area contributed by atoms with Crippen LogP contribution in [-0.4, -0.2) is 35.0 Å². The van der Waals surface area contributed by atoms with Crippen molar-refractivity contribution in [1.82, 2.24) is 4.98 Å². The Morgan fingerprint density at radius 3 is 2.66 bits per heavy atom. The van der Waals surface area contributed by atoms with Gasteiger partial charge in [-0.15, -0.1) is 0 Å². The molecule has 154 valence electrons. The van der Waals surface area contributed by atoms with Gasteiger partial charge in [0, 0.05) is 11.5 Å². The number of urea groups is 1. The topological polar surface area (TPSA) is 118 Å². The molecule has 3 N–H and O–H groups in total. The molecular formula is C19H20BrN3O5S. The Morgan fingerprint density at radius 2 is 2.00 bits per heavy atom. The number of carboxylic acid groups (broad SMARTS) is 1. The van der Waals surface area contributed by atoms with Gasteiger partial charge in [0.05, 0.1) is 28.7 Å². The molecule has 1 aromatic carbocycles. The van der Waals surface area contributed by atoms with Gasteiger partial charge in [-0.2, -0.15) is 0 Å². The first kappa shape index (κ1) is 21.3. The number of halogens is 1. The number of rotatable bonds is 7. The highest BCUT2D eigenvalue weighted by Gasteiger charge is 2.26. The van der Waals surface area contributed by atoms with Gasteiger partial charge in [0.25, 0.3) is 0 Å². The summed E-state index contributed by atoms with van der Waals surface area (Å²) in [4.78, 5) is 40.3. The number of benzene rings is 1. The van der Waals surface area contributed by atoms with Crippen LogP contribution in [0.2, 0.25) is 0 Å². The number of methoxy groups -OCH3 is 1. The van der Waals surface area contributed by atoms with Crippen LogP contribution in [0.1, 0.15) is 41.7 Å². The van der Waals surface area contributed by atoms with E-state index in [0.717, 1.165) is 37.0 Å². The lowest BCUT2D eigenvalue weighted by molar-refractivity contribution is -0.136. The summed E-state index contributed by atoms with van der Waals surface area (Å²) in [5.74, 6) is -0.517. The van der Waals surface area contributed by atoms with Crippen molar-refractivity contribution in [3.8, 4) is 5.75 Å². The molecule has 0 unspecified atom stereocenters. The fraction of sp³-hybridized carbons (Fsp3) is 0.368. The number of ketones is 1. The van der Waals surface area contributed by atoms with Gasteiger partial charge in [0.1, 0.15) is 5.75 Å². The molecule has 1 saturated carbocycles. The van der Waals surface area contributed by atoms with Gasteiger partial charge < -0.3 is 15.2 Å². The summed E-state index contributed by atoms with van der Waals surface area (Å²) in [6.45, 7) is 0. The van der Waals surface area contributed by atoms with E-state index < -0.39 is 12.0 Å². The van der Waals surface area contributed by atoms with E-state index in [0.29, 0.717) is 26.5 Å². The largest absolute Gasteiger partial charge is 0.497 e. The van der Waals surface area contributed by atoms with E-state index in [1.165, 1.54) is 7.11 Å². The Hall–Kier alpha value is -2.46. The molecule has 1 fully saturated rings. The molecule has 3 rings (SSSR count). The zero-order valence-corrected chi connectivity index (χ0v) is 18.1. The van der Waals surface area contributed by atoms with Gasteiger partial charge in [-0.25, -0.2) is 9.78 Å². The molecule has 0 atom stereocenters. The molecule has 1 aromatic heterocycles. The van der Waals surface area contributed by atoms with Gasteiger partial charge in [-0.1, -0.05) is 24.2 Å². The van der Waals surface area contributed by atoms with Crippen LogP contribution in [0.3, 0.4) is 0 Å². The summed E-state index contributed by atoms with van der Waals surface area (Å²) in [6, 6.07) is 4.38. The van der Waals surface area contributed by atoms with Crippen molar-refractivity contribution in [2.75, 3.05) is 17.7 Å². The molecule has 29 heavy (non-hydrogen) atoms. The first-order valence-electron chi connectivity index (χ1n) is 9.04. The second-order valence-corrected chi connectivity index (χ2v) is 8.96. The normalized spacial score (nSPS) is 13.9. The van der Waals surface area contributed by atoms with E-state index in [4.69, 9.17) is 9.84 Å². The Kier molecular flexibility index (Phi) is 6.86. The number of amides is 2. The van der Waals surface area contributed by atoms with Crippen LogP contribution in [0.5, 0.6) is 5.75 Å². The Morgan fingerprint density at radius 1 is 1.28 bits per heavy atom. The SMILES string of the molecule is COc1ccc(NC(=O)Nc2nc(CC(=O)O)c(Br)s2)c(C(=O)C2CCCC2)c1. The Bertz CT molecular complexity index is 940. The number of ether oxygens (including phenoxy) is 1. The van der Waals surface area contributed by atoms with Gasteiger partial charge >= 0.3 is 12.0 Å². The summed E-state index contributed by atoms with van der Waals surface area (Å²) in [7, 11) is 1.52. The number of aliphatic carboxylic acids is 1. The maximum Gasteiger partial charge on any atom is 0.325 e. The van der Waals surface area contributed by atoms with Crippen molar-refractivity contribution < 1.29 is 24.2 Å². The van der Waals surface area contributed by atoms with Crippen molar-refractivity contribution in [1.29, 1.82) is 0 Å². The second kappa shape index (κ2) is 9.36. The number of nitrogens with one attached hydrogen (secondary N) is 2. The maximum atomic E-state index is 12.9. The fourth-order valence-corrected chi connectivity index (χ4v) is 4.65. The predicted octanol–water partition coefficient (Wildman–Crippen LogP) is 4.56. The van der Waals surface area contributed by atoms with Crippen molar-refractivity contribution in [2.45, 2.75) is 32.1 Å². The lowest BCUT2D eigenvalue weighted by Gasteiger charge is -2.15. The molecule has 1 aliphatic carbocycles. The standard InChI is InChI=1S/C19H20BrN3O5S/c1-28-11-6-7-13(12(8-11)16(26)10-4-2-3-5-10)21-18(27)23-19-22-14(9-15(24)25)17(20)29-19/h6-8,10H,2-5,9H2,1H3,(H,24,25)(H2,21,22,23,27). The molecule has 1 heterocycles. The highest BCUT2D eigenvalue weighted by Crippen LogP contribution is 2.33. The van der Waals surface area contributed by atoms with Crippen molar-refractivity contribution >= 4 is 55.9 Å². The van der Waals surface area contributed by atoms with Gasteiger partial charge in [-0.3, -0.25) is 14.9 Å². The predicted molar refractivity (Wildman–Crippen MR) is 113 cm³/mol. The zero-order valence-electron chi connectivity index (χ0n) is 15.7. The van der Waals surface area contributed by atoms with E-state index in [1.807, 2.05) is 0 Å². The average molecular weight is 482 g/mol. The fourth-order valence-electron chi connectivity index (χ4n) is 3.26. The number of thiazole rings is 1. The quantitative estimate of drug-likeness (QED) is 0.498. The minimum atomic E-state index is -1.01. The number of nitrogens with zero attached hydrogens (tertiary/aromatic N) is 1. The number of carboxylic acids is 1. The van der Waals surface area contributed by atoms with E-state index in [2.05, 4.69) is 31.5 Å². The van der Waals surface area contributed by atoms with E-state index in [-0.39, 0.29) is 23.3 Å². The van der Waals surface area contributed by atoms with E-state index >= 15 is 0 Å². The summed E-state index contributed by atoms with van der Waals surface area (Å²) in [5.41, 5.74) is 1.14. The molecule has 2 amide bonds. The number of hydrogen-bond acceptors (Lipinski definition) is 6. The Balaban J connectivity index is 1.76. The minimum absolute atomic E-state index is 0.00237. The lowest BCUT2D eigenvalue weighted by atomic mass is 9.95. The first-order valence-corrected chi connectivity index (χ1v) is 10.7. The van der Waals surface area contributed by atoms with Crippen LogP contribution in [0, 0.1) is 5.92 Å². The van der Waals surface area contributed by atoms with Crippen LogP contribution in [-0.2, 0) is 11.2 Å². The highest BCUT2D eigenvalue weighted by atomic mass is 79.9. The molecule has 0 saturated heterocycles. The summed E-state index contributed by atoms with van der Waals surface area (Å²) in [5, 5.41) is 14.4. The van der Waals surface area contributed by atoms with Crippen LogP contribution in [0.25, 0.3) is 0 Å². The summed E-state index contributed by atoms with van der Waals surface area (Å²) >= 11 is 4.36. The molecular weight excluding hydrogens is 462 g/mol. The summed E-state index contributed by atoms with van der Waals surface area (Å²) in [6.07, 6.45) is 3.50. The maximum absolute atomic E-state index is 12.9. The van der Waals surface area contributed by atoms with Crippen molar-refractivity contribution in [3.63, 3.8) is 0 Å². The lowest BCUT2D eigenvalue weighted by Crippen LogP contribution is -2.22. The highest BCUT2D eigenvalue weighted by molar-refractivity contribution is 9.11. The molecule has 10 heteroatoms. The van der Waals surface area contributed by atoms with Crippen molar-refractivity contribution in [2.24, 2.45) is 5.92 Å². The Labute approximate surface area is 179 Å². The number of aromatic nitrogens is 1. The van der Waals surface area contributed by atoms with E-state index in [9.17, 15) is 14.4 Å². The van der Waals surface area contributed by atoms with Crippen LogP contribution in [0.15, 0.2) is 22.0 Å². The number of anilines is 2. The molecule has 1 aliphatic rings. The van der Waals surface area contributed by atoms with Crippen LogP contribution >= 0.6 is 27.3 Å². The smallest absolute Gasteiger partial charge is 0.325 e. The molecule has 0 radical (unpaired) electrons. The molecule has 0 bridgehead atoms. The number of hydrogen-bond donors (Lipinski definition) is 3.